The van der Waals surface area contributed by atoms with E-state index in [9.17, 15) is 18.0 Å². The highest BCUT2D eigenvalue weighted by Crippen LogP contribution is 2.19. The van der Waals surface area contributed by atoms with E-state index in [-0.39, 0.29) is 16.0 Å². The number of carbonyl (C=O) groups is 1. The molecule has 0 saturated heterocycles. The van der Waals surface area contributed by atoms with Gasteiger partial charge in [-0.15, -0.1) is 0 Å². The molecule has 0 aliphatic heterocycles. The van der Waals surface area contributed by atoms with Gasteiger partial charge in [0.15, 0.2) is 15.5 Å². The normalized spacial score (nSPS) is 11.5. The quantitative estimate of drug-likeness (QED) is 0.517. The van der Waals surface area contributed by atoms with Crippen molar-refractivity contribution in [2.45, 2.75) is 11.8 Å². The van der Waals surface area contributed by atoms with Crippen molar-refractivity contribution in [2.75, 3.05) is 11.6 Å². The van der Waals surface area contributed by atoms with Crippen molar-refractivity contribution in [3.05, 3.63) is 76.5 Å². The number of aromatic amines is 1. The van der Waals surface area contributed by atoms with Crippen molar-refractivity contribution in [2.24, 2.45) is 0 Å². The first kappa shape index (κ1) is 19.5. The van der Waals surface area contributed by atoms with Gasteiger partial charge in [0, 0.05) is 17.5 Å². The van der Waals surface area contributed by atoms with E-state index < -0.39 is 15.7 Å². The number of rotatable bonds is 4. The van der Waals surface area contributed by atoms with Gasteiger partial charge >= 0.3 is 0 Å². The Hall–Kier alpha value is -3.79. The highest BCUT2D eigenvalue weighted by Gasteiger charge is 2.15. The Morgan fingerprint density at radius 3 is 2.57 bits per heavy atom. The summed E-state index contributed by atoms with van der Waals surface area (Å²) in [5.41, 5.74) is 2.27. The van der Waals surface area contributed by atoms with E-state index in [0.29, 0.717) is 28.0 Å². The van der Waals surface area contributed by atoms with Crippen LogP contribution in [-0.4, -0.2) is 40.3 Å². The van der Waals surface area contributed by atoms with E-state index in [1.807, 2.05) is 0 Å². The summed E-state index contributed by atoms with van der Waals surface area (Å²) in [6, 6.07) is 11.3. The van der Waals surface area contributed by atoms with Crippen LogP contribution in [0.4, 0.5) is 5.69 Å². The Kier molecular flexibility index (Phi) is 4.70. The number of nitrogens with one attached hydrogen (secondary N) is 2. The summed E-state index contributed by atoms with van der Waals surface area (Å²) in [4.78, 5) is 31.2. The molecule has 2 heterocycles. The summed E-state index contributed by atoms with van der Waals surface area (Å²) < 4.78 is 25.1. The minimum Gasteiger partial charge on any atom is -0.322 e. The second-order valence-electron chi connectivity index (χ2n) is 6.78. The SMILES string of the molecule is Cc1ccc(S(C)(=O)=O)cc1C(=O)Nc1ccc(-n2ncc3c(=O)[nH]cnc32)cc1. The number of anilines is 1. The van der Waals surface area contributed by atoms with E-state index in [4.69, 9.17) is 0 Å². The molecule has 0 aliphatic carbocycles. The lowest BCUT2D eigenvalue weighted by Crippen LogP contribution is -2.14. The fourth-order valence-corrected chi connectivity index (χ4v) is 3.65. The third-order valence-corrected chi connectivity index (χ3v) is 5.73. The summed E-state index contributed by atoms with van der Waals surface area (Å²) in [6.07, 6.45) is 3.85. The molecule has 0 unspecified atom stereocenters. The zero-order valence-electron chi connectivity index (χ0n) is 16.1. The zero-order chi connectivity index (χ0) is 21.5. The van der Waals surface area contributed by atoms with Crippen LogP contribution >= 0.6 is 0 Å². The Labute approximate surface area is 171 Å². The number of carbonyl (C=O) groups excluding carboxylic acids is 1. The van der Waals surface area contributed by atoms with Crippen LogP contribution in [0.1, 0.15) is 15.9 Å². The average Bonchev–Trinajstić information content (AvgIpc) is 3.13. The predicted octanol–water partition coefficient (Wildman–Crippen LogP) is 2.07. The fraction of sp³-hybridized carbons (Fsp3) is 0.100. The van der Waals surface area contributed by atoms with Gasteiger partial charge in [-0.1, -0.05) is 6.07 Å². The molecule has 0 aliphatic rings. The molecule has 152 valence electrons. The molecule has 4 aromatic rings. The van der Waals surface area contributed by atoms with Crippen LogP contribution in [0.3, 0.4) is 0 Å². The largest absolute Gasteiger partial charge is 0.322 e. The number of amides is 1. The number of aryl methyl sites for hydroxylation is 1. The molecular formula is C20H17N5O4S. The molecule has 1 amide bonds. The summed E-state index contributed by atoms with van der Waals surface area (Å²) in [7, 11) is -3.42. The number of H-pyrrole nitrogens is 1. The molecule has 0 spiro atoms. The lowest BCUT2D eigenvalue weighted by molar-refractivity contribution is 0.102. The third-order valence-electron chi connectivity index (χ3n) is 4.62. The Balaban J connectivity index is 1.60. The van der Waals surface area contributed by atoms with Gasteiger partial charge in [0.2, 0.25) is 0 Å². The van der Waals surface area contributed by atoms with Gasteiger partial charge in [-0.25, -0.2) is 18.1 Å². The molecule has 9 nitrogen and oxygen atoms in total. The van der Waals surface area contributed by atoms with Crippen molar-refractivity contribution < 1.29 is 13.2 Å². The molecule has 0 saturated carbocycles. The van der Waals surface area contributed by atoms with Gasteiger partial charge in [0.05, 0.1) is 23.1 Å². The number of fused-ring (bicyclic) bond motifs is 1. The summed E-state index contributed by atoms with van der Waals surface area (Å²) in [5.74, 6) is -0.413. The maximum absolute atomic E-state index is 12.7. The van der Waals surface area contributed by atoms with E-state index in [2.05, 4.69) is 20.4 Å². The van der Waals surface area contributed by atoms with E-state index in [1.165, 1.54) is 29.3 Å². The van der Waals surface area contributed by atoms with Crippen LogP contribution in [-0.2, 0) is 9.84 Å². The van der Waals surface area contributed by atoms with Crippen LogP contribution < -0.4 is 10.9 Å². The number of benzene rings is 2. The van der Waals surface area contributed by atoms with Gasteiger partial charge in [-0.3, -0.25) is 9.59 Å². The minimum absolute atomic E-state index is 0.0849. The highest BCUT2D eigenvalue weighted by atomic mass is 32.2. The molecule has 10 heteroatoms. The zero-order valence-corrected chi connectivity index (χ0v) is 16.9. The smallest absolute Gasteiger partial charge is 0.261 e. The molecule has 2 aromatic carbocycles. The van der Waals surface area contributed by atoms with Crippen LogP contribution in [0.2, 0.25) is 0 Å². The minimum atomic E-state index is -3.42. The van der Waals surface area contributed by atoms with Crippen molar-refractivity contribution in [1.82, 2.24) is 19.7 Å². The van der Waals surface area contributed by atoms with E-state index >= 15 is 0 Å². The lowest BCUT2D eigenvalue weighted by Gasteiger charge is -2.10. The first-order valence-electron chi connectivity index (χ1n) is 8.88. The predicted molar refractivity (Wildman–Crippen MR) is 112 cm³/mol. The first-order valence-corrected chi connectivity index (χ1v) is 10.8. The molecule has 4 rings (SSSR count). The average molecular weight is 423 g/mol. The molecule has 0 atom stereocenters. The number of hydrogen-bond acceptors (Lipinski definition) is 6. The summed E-state index contributed by atoms with van der Waals surface area (Å²) in [6.45, 7) is 1.74. The van der Waals surface area contributed by atoms with Gasteiger partial charge in [-0.05, 0) is 48.9 Å². The van der Waals surface area contributed by atoms with Crippen molar-refractivity contribution in [3.8, 4) is 5.69 Å². The second-order valence-corrected chi connectivity index (χ2v) is 8.79. The van der Waals surface area contributed by atoms with Gasteiger partial charge in [0.25, 0.3) is 11.5 Å². The number of sulfone groups is 1. The summed E-state index contributed by atoms with van der Waals surface area (Å²) >= 11 is 0. The van der Waals surface area contributed by atoms with Gasteiger partial charge in [-0.2, -0.15) is 5.10 Å². The van der Waals surface area contributed by atoms with E-state index in [0.717, 1.165) is 6.26 Å². The number of nitrogens with zero attached hydrogens (tertiary/aromatic N) is 3. The molecule has 30 heavy (non-hydrogen) atoms. The summed E-state index contributed by atoms with van der Waals surface area (Å²) in [5, 5.41) is 7.33. The molecule has 0 fully saturated rings. The maximum Gasteiger partial charge on any atom is 0.261 e. The lowest BCUT2D eigenvalue weighted by atomic mass is 10.1. The van der Waals surface area contributed by atoms with Crippen LogP contribution in [0.5, 0.6) is 0 Å². The third kappa shape index (κ3) is 3.60. The maximum atomic E-state index is 12.7. The fourth-order valence-electron chi connectivity index (χ4n) is 3.01. The molecule has 2 aromatic heterocycles. The molecule has 0 bridgehead atoms. The van der Waals surface area contributed by atoms with E-state index in [1.54, 1.807) is 37.3 Å². The van der Waals surface area contributed by atoms with Crippen molar-refractivity contribution in [1.29, 1.82) is 0 Å². The Morgan fingerprint density at radius 1 is 1.13 bits per heavy atom. The topological polar surface area (TPSA) is 127 Å². The molecule has 2 N–H and O–H groups in total. The molecular weight excluding hydrogens is 406 g/mol. The number of aromatic nitrogens is 4. The van der Waals surface area contributed by atoms with Crippen molar-refractivity contribution >= 4 is 32.5 Å². The highest BCUT2D eigenvalue weighted by molar-refractivity contribution is 7.90. The second kappa shape index (κ2) is 7.23. The Bertz CT molecular complexity index is 1440. The first-order chi connectivity index (χ1) is 14.2. The van der Waals surface area contributed by atoms with Crippen molar-refractivity contribution in [3.63, 3.8) is 0 Å². The van der Waals surface area contributed by atoms with Crippen LogP contribution in [0, 0.1) is 6.92 Å². The number of hydrogen-bond donors (Lipinski definition) is 2. The molecule has 0 radical (unpaired) electrons. The standard InChI is InChI=1S/C20H17N5O4S/c1-12-3-8-15(30(2,28)29)9-16(12)20(27)24-13-4-6-14(7-5-13)25-18-17(10-23-25)19(26)22-11-21-18/h3-11H,1-2H3,(H,24,27)(H,21,22,26). The Morgan fingerprint density at radius 2 is 1.87 bits per heavy atom. The van der Waals surface area contributed by atoms with Gasteiger partial charge in [0.1, 0.15) is 5.39 Å². The van der Waals surface area contributed by atoms with Gasteiger partial charge < -0.3 is 10.3 Å². The monoisotopic (exact) mass is 423 g/mol. The van der Waals surface area contributed by atoms with Crippen LogP contribution in [0.25, 0.3) is 16.7 Å². The van der Waals surface area contributed by atoms with Crippen LogP contribution in [0.15, 0.2) is 64.7 Å².